The van der Waals surface area contributed by atoms with Crippen molar-refractivity contribution in [2.24, 2.45) is 0 Å². The second-order valence-electron chi connectivity index (χ2n) is 4.64. The Balaban J connectivity index is 1.83. The van der Waals surface area contributed by atoms with Crippen molar-refractivity contribution in [1.82, 2.24) is 10.9 Å². The monoisotopic (exact) mass is 398 g/mol. The third kappa shape index (κ3) is 4.59. The van der Waals surface area contributed by atoms with Crippen LogP contribution in [0.4, 0.5) is 0 Å². The van der Waals surface area contributed by atoms with E-state index >= 15 is 0 Å². The van der Waals surface area contributed by atoms with Crippen molar-refractivity contribution in [1.29, 1.82) is 0 Å². The SMILES string of the molecule is Cc1cc(SCC(=O)NNC(=O)c2cccs2)c(C)cc1Br. The molecule has 1 aromatic heterocycles. The van der Waals surface area contributed by atoms with Crippen LogP contribution in [0.25, 0.3) is 0 Å². The van der Waals surface area contributed by atoms with E-state index in [-0.39, 0.29) is 17.6 Å². The van der Waals surface area contributed by atoms with E-state index in [1.807, 2.05) is 31.4 Å². The fraction of sp³-hybridized carbons (Fsp3) is 0.200. The molecule has 2 aromatic rings. The van der Waals surface area contributed by atoms with Crippen LogP contribution in [-0.4, -0.2) is 17.6 Å². The van der Waals surface area contributed by atoms with Crippen molar-refractivity contribution < 1.29 is 9.59 Å². The second kappa shape index (κ2) is 7.80. The fourth-order valence-corrected chi connectivity index (χ4v) is 3.67. The lowest BCUT2D eigenvalue weighted by Crippen LogP contribution is -2.42. The summed E-state index contributed by atoms with van der Waals surface area (Å²) in [6, 6.07) is 7.57. The molecule has 2 amide bonds. The Bertz CT molecular complexity index is 687. The molecule has 0 unspecified atom stereocenters. The summed E-state index contributed by atoms with van der Waals surface area (Å²) in [5.74, 6) is -0.300. The second-order valence-corrected chi connectivity index (χ2v) is 7.45. The maximum absolute atomic E-state index is 11.8. The molecule has 0 aliphatic heterocycles. The van der Waals surface area contributed by atoms with Crippen molar-refractivity contribution in [3.05, 3.63) is 50.1 Å². The molecule has 4 nitrogen and oxygen atoms in total. The number of rotatable bonds is 4. The van der Waals surface area contributed by atoms with Crippen molar-refractivity contribution in [2.75, 3.05) is 5.75 Å². The molecule has 0 saturated carbocycles. The van der Waals surface area contributed by atoms with E-state index in [0.29, 0.717) is 4.88 Å². The van der Waals surface area contributed by atoms with Crippen molar-refractivity contribution in [3.63, 3.8) is 0 Å². The van der Waals surface area contributed by atoms with Crippen LogP contribution in [0.5, 0.6) is 0 Å². The number of halogens is 1. The summed E-state index contributed by atoms with van der Waals surface area (Å²) in [5, 5.41) is 1.81. The average molecular weight is 399 g/mol. The molecule has 0 saturated heterocycles. The third-order valence-electron chi connectivity index (χ3n) is 2.88. The first kappa shape index (κ1) is 17.1. The molecule has 0 aliphatic rings. The summed E-state index contributed by atoms with van der Waals surface area (Å²) in [5.41, 5.74) is 7.07. The van der Waals surface area contributed by atoms with E-state index in [9.17, 15) is 9.59 Å². The van der Waals surface area contributed by atoms with Crippen LogP contribution in [0, 0.1) is 13.8 Å². The number of hydrazine groups is 1. The van der Waals surface area contributed by atoms with Crippen LogP contribution >= 0.6 is 39.0 Å². The lowest BCUT2D eigenvalue weighted by molar-refractivity contribution is -0.119. The molecular formula is C15H15BrN2O2S2. The van der Waals surface area contributed by atoms with Gasteiger partial charge in [-0.15, -0.1) is 23.1 Å². The van der Waals surface area contributed by atoms with Gasteiger partial charge in [0, 0.05) is 9.37 Å². The summed E-state index contributed by atoms with van der Waals surface area (Å²) < 4.78 is 1.06. The van der Waals surface area contributed by atoms with Gasteiger partial charge in [0.1, 0.15) is 0 Å². The van der Waals surface area contributed by atoms with Gasteiger partial charge in [-0.3, -0.25) is 20.4 Å². The minimum Gasteiger partial charge on any atom is -0.272 e. The lowest BCUT2D eigenvalue weighted by Gasteiger charge is -2.09. The quantitative estimate of drug-likeness (QED) is 0.609. The molecule has 0 radical (unpaired) electrons. The Morgan fingerprint density at radius 3 is 2.68 bits per heavy atom. The normalized spacial score (nSPS) is 10.3. The molecule has 2 N–H and O–H groups in total. The van der Waals surface area contributed by atoms with Gasteiger partial charge >= 0.3 is 0 Å². The van der Waals surface area contributed by atoms with Gasteiger partial charge in [-0.25, -0.2) is 0 Å². The number of carbonyl (C=O) groups excluding carboxylic acids is 2. The maximum atomic E-state index is 11.8. The molecule has 7 heteroatoms. The van der Waals surface area contributed by atoms with Crippen LogP contribution in [0.15, 0.2) is 39.0 Å². The number of hydrogen-bond donors (Lipinski definition) is 2. The van der Waals surface area contributed by atoms with Crippen molar-refractivity contribution >= 4 is 50.8 Å². The number of nitrogens with one attached hydrogen (secondary N) is 2. The van der Waals surface area contributed by atoms with Crippen LogP contribution in [-0.2, 0) is 4.79 Å². The number of carbonyl (C=O) groups is 2. The summed E-state index contributed by atoms with van der Waals surface area (Å²) >= 11 is 6.26. The standard InChI is InChI=1S/C15H15BrN2O2S2/c1-9-7-13(10(2)6-11(9)16)22-8-14(19)17-18-15(20)12-4-3-5-21-12/h3-7H,8H2,1-2H3,(H,17,19)(H,18,20). The number of thioether (sulfide) groups is 1. The Morgan fingerprint density at radius 1 is 1.23 bits per heavy atom. The van der Waals surface area contributed by atoms with Crippen LogP contribution < -0.4 is 10.9 Å². The Kier molecular flexibility index (Phi) is 6.05. The first-order chi connectivity index (χ1) is 10.5. The lowest BCUT2D eigenvalue weighted by atomic mass is 10.2. The van der Waals surface area contributed by atoms with Gasteiger partial charge in [-0.2, -0.15) is 0 Å². The smallest absolute Gasteiger partial charge is 0.272 e. The number of benzene rings is 1. The van der Waals surface area contributed by atoms with Gasteiger partial charge in [0.25, 0.3) is 5.91 Å². The molecule has 22 heavy (non-hydrogen) atoms. The average Bonchev–Trinajstić information content (AvgIpc) is 3.01. The summed E-state index contributed by atoms with van der Waals surface area (Å²) in [6.45, 7) is 4.01. The predicted molar refractivity (Wildman–Crippen MR) is 94.3 cm³/mol. The van der Waals surface area contributed by atoms with Gasteiger partial charge in [0.15, 0.2) is 0 Å². The third-order valence-corrected chi connectivity index (χ3v) is 5.76. The fourth-order valence-electron chi connectivity index (χ4n) is 1.69. The van der Waals surface area contributed by atoms with Crippen LogP contribution in [0.3, 0.4) is 0 Å². The van der Waals surface area contributed by atoms with Gasteiger partial charge < -0.3 is 0 Å². The minimum absolute atomic E-state index is 0.241. The maximum Gasteiger partial charge on any atom is 0.279 e. The molecular weight excluding hydrogens is 384 g/mol. The number of thiophene rings is 1. The van der Waals surface area contributed by atoms with E-state index in [4.69, 9.17) is 0 Å². The topological polar surface area (TPSA) is 58.2 Å². The van der Waals surface area contributed by atoms with E-state index in [2.05, 4.69) is 26.8 Å². The van der Waals surface area contributed by atoms with E-state index in [0.717, 1.165) is 20.5 Å². The number of amides is 2. The highest BCUT2D eigenvalue weighted by molar-refractivity contribution is 9.10. The molecule has 2 rings (SSSR count). The van der Waals surface area contributed by atoms with Crippen LogP contribution in [0.1, 0.15) is 20.8 Å². The molecule has 116 valence electrons. The first-order valence-electron chi connectivity index (χ1n) is 6.49. The molecule has 0 fully saturated rings. The van der Waals surface area contributed by atoms with Crippen LogP contribution in [0.2, 0.25) is 0 Å². The van der Waals surface area contributed by atoms with Gasteiger partial charge in [0.05, 0.1) is 10.6 Å². The Labute approximate surface area is 145 Å². The molecule has 0 aliphatic carbocycles. The Hall–Kier alpha value is -1.31. The van der Waals surface area contributed by atoms with E-state index in [1.165, 1.54) is 23.1 Å². The Morgan fingerprint density at radius 2 is 2.00 bits per heavy atom. The summed E-state index contributed by atoms with van der Waals surface area (Å²) in [7, 11) is 0. The zero-order chi connectivity index (χ0) is 16.1. The molecule has 0 spiro atoms. The largest absolute Gasteiger partial charge is 0.279 e. The number of hydrogen-bond acceptors (Lipinski definition) is 4. The number of aryl methyl sites for hydroxylation is 2. The molecule has 0 bridgehead atoms. The molecule has 0 atom stereocenters. The molecule has 1 heterocycles. The minimum atomic E-state index is -0.302. The zero-order valence-electron chi connectivity index (χ0n) is 12.1. The van der Waals surface area contributed by atoms with Crippen molar-refractivity contribution in [3.8, 4) is 0 Å². The van der Waals surface area contributed by atoms with Gasteiger partial charge in [-0.1, -0.05) is 22.0 Å². The summed E-state index contributed by atoms with van der Waals surface area (Å²) in [4.78, 5) is 25.1. The van der Waals surface area contributed by atoms with E-state index in [1.54, 1.807) is 12.1 Å². The van der Waals surface area contributed by atoms with E-state index < -0.39 is 0 Å². The highest BCUT2D eigenvalue weighted by Gasteiger charge is 2.10. The predicted octanol–water partition coefficient (Wildman–Crippen LogP) is 3.68. The molecule has 1 aromatic carbocycles. The highest BCUT2D eigenvalue weighted by atomic mass is 79.9. The highest BCUT2D eigenvalue weighted by Crippen LogP contribution is 2.28. The van der Waals surface area contributed by atoms with Gasteiger partial charge in [-0.05, 0) is 48.6 Å². The van der Waals surface area contributed by atoms with Gasteiger partial charge in [0.2, 0.25) is 5.91 Å². The van der Waals surface area contributed by atoms with Crippen molar-refractivity contribution in [2.45, 2.75) is 18.7 Å². The summed E-state index contributed by atoms with van der Waals surface area (Å²) in [6.07, 6.45) is 0. The first-order valence-corrected chi connectivity index (χ1v) is 9.15. The zero-order valence-corrected chi connectivity index (χ0v) is 15.3.